The smallest absolute Gasteiger partial charge is 0.273 e. The van der Waals surface area contributed by atoms with Gasteiger partial charge in [-0.25, -0.2) is 5.43 Å². The summed E-state index contributed by atoms with van der Waals surface area (Å²) in [7, 11) is 1.39. The van der Waals surface area contributed by atoms with Gasteiger partial charge in [-0.15, -0.1) is 0 Å². The van der Waals surface area contributed by atoms with E-state index >= 15 is 0 Å². The van der Waals surface area contributed by atoms with Gasteiger partial charge in [0.25, 0.3) is 17.3 Å². The minimum absolute atomic E-state index is 0.113. The number of ether oxygens (including phenoxy) is 1. The topological polar surface area (TPSA) is 150 Å². The number of nitro benzene ring substituents is 2. The first-order valence-electron chi connectivity index (χ1n) is 8.39. The van der Waals surface area contributed by atoms with Crippen LogP contribution in [0.5, 0.6) is 5.75 Å². The Morgan fingerprint density at radius 3 is 2.33 bits per heavy atom. The standard InChI is InChI=1S/C19H14N4O7/c1-29-18-10-14(23(27)28)6-8-16(18)17-9-7-15(30-17)11-20-21-19(24)12-2-4-13(5-3-12)22(25)26/h2-11H,1H3,(H,21,24). The highest BCUT2D eigenvalue weighted by Crippen LogP contribution is 2.34. The average Bonchev–Trinajstić information content (AvgIpc) is 3.21. The maximum Gasteiger partial charge on any atom is 0.273 e. The Kier molecular flexibility index (Phi) is 5.82. The first kappa shape index (κ1) is 20.2. The van der Waals surface area contributed by atoms with Crippen molar-refractivity contribution in [3.63, 3.8) is 0 Å². The molecule has 0 spiro atoms. The van der Waals surface area contributed by atoms with Gasteiger partial charge >= 0.3 is 0 Å². The molecule has 0 aliphatic carbocycles. The lowest BCUT2D eigenvalue weighted by Crippen LogP contribution is -2.17. The fourth-order valence-corrected chi connectivity index (χ4v) is 2.52. The van der Waals surface area contributed by atoms with E-state index < -0.39 is 15.8 Å². The number of hydrogen-bond donors (Lipinski definition) is 1. The number of furan rings is 1. The summed E-state index contributed by atoms with van der Waals surface area (Å²) in [6, 6.07) is 12.4. The molecule has 0 saturated heterocycles. The molecule has 3 rings (SSSR count). The van der Waals surface area contributed by atoms with Gasteiger partial charge in [-0.1, -0.05) is 0 Å². The molecule has 0 radical (unpaired) electrons. The molecule has 2 aromatic carbocycles. The Balaban J connectivity index is 1.69. The minimum atomic E-state index is -0.561. The summed E-state index contributed by atoms with van der Waals surface area (Å²) in [5.74, 6) is 0.428. The van der Waals surface area contributed by atoms with E-state index in [-0.39, 0.29) is 22.7 Å². The maximum atomic E-state index is 12.0. The Labute approximate surface area is 168 Å². The SMILES string of the molecule is COc1cc([N+](=O)[O-])ccc1-c1ccc(C=NNC(=O)c2ccc([N+](=O)[O-])cc2)o1. The molecule has 3 aromatic rings. The van der Waals surface area contributed by atoms with Gasteiger partial charge in [0.05, 0.1) is 34.8 Å². The third-order valence-corrected chi connectivity index (χ3v) is 3.99. The summed E-state index contributed by atoms with van der Waals surface area (Å²) in [6.45, 7) is 0. The van der Waals surface area contributed by atoms with E-state index in [1.54, 1.807) is 12.1 Å². The van der Waals surface area contributed by atoms with Crippen LogP contribution in [0.25, 0.3) is 11.3 Å². The van der Waals surface area contributed by atoms with Crippen molar-refractivity contribution < 1.29 is 23.8 Å². The average molecular weight is 410 g/mol. The number of non-ortho nitro benzene ring substituents is 2. The summed E-state index contributed by atoms with van der Waals surface area (Å²) < 4.78 is 10.8. The van der Waals surface area contributed by atoms with Crippen molar-refractivity contribution in [3.8, 4) is 17.1 Å². The second-order valence-electron chi connectivity index (χ2n) is 5.85. The lowest BCUT2D eigenvalue weighted by molar-refractivity contribution is -0.385. The van der Waals surface area contributed by atoms with Crippen molar-refractivity contribution in [1.82, 2.24) is 5.43 Å². The molecule has 152 valence electrons. The fourth-order valence-electron chi connectivity index (χ4n) is 2.52. The van der Waals surface area contributed by atoms with E-state index in [0.29, 0.717) is 17.1 Å². The van der Waals surface area contributed by atoms with Gasteiger partial charge < -0.3 is 9.15 Å². The Hall–Kier alpha value is -4.54. The summed E-state index contributed by atoms with van der Waals surface area (Å²) in [5.41, 5.74) is 2.76. The molecule has 1 aromatic heterocycles. The number of rotatable bonds is 7. The zero-order valence-electron chi connectivity index (χ0n) is 15.5. The molecular formula is C19H14N4O7. The number of methoxy groups -OCH3 is 1. The molecule has 0 unspecified atom stereocenters. The highest BCUT2D eigenvalue weighted by Gasteiger charge is 2.15. The first-order chi connectivity index (χ1) is 14.4. The van der Waals surface area contributed by atoms with E-state index in [1.807, 2.05) is 0 Å². The van der Waals surface area contributed by atoms with Crippen LogP contribution >= 0.6 is 0 Å². The number of hydrogen-bond acceptors (Lipinski definition) is 8. The van der Waals surface area contributed by atoms with Gasteiger partial charge in [0, 0.05) is 23.8 Å². The molecule has 1 amide bonds. The number of carbonyl (C=O) groups excluding carboxylic acids is 1. The molecule has 30 heavy (non-hydrogen) atoms. The fraction of sp³-hybridized carbons (Fsp3) is 0.0526. The van der Waals surface area contributed by atoms with Crippen LogP contribution in [0.3, 0.4) is 0 Å². The van der Waals surface area contributed by atoms with Gasteiger partial charge in [0.15, 0.2) is 0 Å². The number of benzene rings is 2. The molecule has 1 heterocycles. The number of carbonyl (C=O) groups is 1. The third-order valence-electron chi connectivity index (χ3n) is 3.99. The number of nitro groups is 2. The van der Waals surface area contributed by atoms with Crippen molar-refractivity contribution in [2.75, 3.05) is 7.11 Å². The number of nitrogens with one attached hydrogen (secondary N) is 1. The van der Waals surface area contributed by atoms with Crippen molar-refractivity contribution in [3.05, 3.63) is 86.1 Å². The van der Waals surface area contributed by atoms with E-state index in [4.69, 9.17) is 9.15 Å². The van der Waals surface area contributed by atoms with Gasteiger partial charge in [-0.3, -0.25) is 25.0 Å². The summed E-state index contributed by atoms with van der Waals surface area (Å²) in [4.78, 5) is 32.5. The van der Waals surface area contributed by atoms with E-state index in [0.717, 1.165) is 0 Å². The zero-order valence-corrected chi connectivity index (χ0v) is 15.5. The van der Waals surface area contributed by atoms with Crippen LogP contribution in [0.15, 0.2) is 64.1 Å². The normalized spacial score (nSPS) is 10.7. The molecule has 0 aliphatic heterocycles. The Bertz CT molecular complexity index is 1140. The molecule has 11 nitrogen and oxygen atoms in total. The monoisotopic (exact) mass is 410 g/mol. The lowest BCUT2D eigenvalue weighted by atomic mass is 10.1. The lowest BCUT2D eigenvalue weighted by Gasteiger charge is -2.05. The quantitative estimate of drug-likeness (QED) is 0.355. The van der Waals surface area contributed by atoms with Crippen molar-refractivity contribution in [2.45, 2.75) is 0 Å². The predicted octanol–water partition coefficient (Wildman–Crippen LogP) is 3.54. The highest BCUT2D eigenvalue weighted by atomic mass is 16.6. The molecule has 0 atom stereocenters. The number of hydrazone groups is 1. The van der Waals surface area contributed by atoms with Crippen LogP contribution in [0, 0.1) is 20.2 Å². The largest absolute Gasteiger partial charge is 0.496 e. The van der Waals surface area contributed by atoms with Crippen molar-refractivity contribution >= 4 is 23.5 Å². The number of amides is 1. The van der Waals surface area contributed by atoms with Crippen molar-refractivity contribution in [2.24, 2.45) is 5.10 Å². The molecule has 1 N–H and O–H groups in total. The maximum absolute atomic E-state index is 12.0. The van der Waals surface area contributed by atoms with E-state index in [2.05, 4.69) is 10.5 Å². The van der Waals surface area contributed by atoms with Gasteiger partial charge in [0.1, 0.15) is 17.3 Å². The Morgan fingerprint density at radius 1 is 1.03 bits per heavy atom. The van der Waals surface area contributed by atoms with Gasteiger partial charge in [-0.2, -0.15) is 5.10 Å². The van der Waals surface area contributed by atoms with E-state index in [9.17, 15) is 25.0 Å². The summed E-state index contributed by atoms with van der Waals surface area (Å²) in [6.07, 6.45) is 1.27. The van der Waals surface area contributed by atoms with Crippen LogP contribution in [0.2, 0.25) is 0 Å². The second kappa shape index (κ2) is 8.65. The van der Waals surface area contributed by atoms with Crippen LogP contribution in [-0.2, 0) is 0 Å². The van der Waals surface area contributed by atoms with Gasteiger partial charge in [0.2, 0.25) is 0 Å². The molecule has 0 saturated carbocycles. The van der Waals surface area contributed by atoms with Crippen molar-refractivity contribution in [1.29, 1.82) is 0 Å². The van der Waals surface area contributed by atoms with Crippen LogP contribution in [0.1, 0.15) is 16.1 Å². The van der Waals surface area contributed by atoms with E-state index in [1.165, 1.54) is 55.8 Å². The minimum Gasteiger partial charge on any atom is -0.496 e. The molecule has 11 heteroatoms. The number of nitrogens with zero attached hydrogens (tertiary/aromatic N) is 3. The highest BCUT2D eigenvalue weighted by molar-refractivity contribution is 5.95. The second-order valence-corrected chi connectivity index (χ2v) is 5.85. The molecule has 0 fully saturated rings. The van der Waals surface area contributed by atoms with Crippen LogP contribution in [0.4, 0.5) is 11.4 Å². The summed E-state index contributed by atoms with van der Waals surface area (Å²) in [5, 5.41) is 25.3. The first-order valence-corrected chi connectivity index (χ1v) is 8.39. The van der Waals surface area contributed by atoms with Gasteiger partial charge in [-0.05, 0) is 30.3 Å². The Morgan fingerprint density at radius 2 is 1.70 bits per heavy atom. The third kappa shape index (κ3) is 4.47. The van der Waals surface area contributed by atoms with Crippen LogP contribution < -0.4 is 10.2 Å². The predicted molar refractivity (Wildman–Crippen MR) is 106 cm³/mol. The molecule has 0 aliphatic rings. The molecular weight excluding hydrogens is 396 g/mol. The summed E-state index contributed by atoms with van der Waals surface area (Å²) >= 11 is 0. The zero-order chi connectivity index (χ0) is 21.7. The van der Waals surface area contributed by atoms with Crippen LogP contribution in [-0.4, -0.2) is 29.1 Å². The molecule has 0 bridgehead atoms.